The molecule has 0 saturated carbocycles. The highest BCUT2D eigenvalue weighted by Crippen LogP contribution is 2.37. The zero-order chi connectivity index (χ0) is 17.3. The van der Waals surface area contributed by atoms with E-state index in [9.17, 15) is 0 Å². The molecule has 0 aliphatic carbocycles. The Labute approximate surface area is 153 Å². The molecule has 2 aromatic rings. The van der Waals surface area contributed by atoms with Crippen molar-refractivity contribution in [2.75, 3.05) is 31.6 Å². The Morgan fingerprint density at radius 1 is 1.36 bits per heavy atom. The largest absolute Gasteiger partial charge is 0.371 e. The molecule has 0 N–H and O–H groups in total. The lowest BCUT2D eigenvalue weighted by atomic mass is 9.88. The van der Waals surface area contributed by atoms with Crippen molar-refractivity contribution in [3.05, 3.63) is 40.3 Å². The van der Waals surface area contributed by atoms with Gasteiger partial charge in [-0.25, -0.2) is 9.97 Å². The zero-order valence-electron chi connectivity index (χ0n) is 15.0. The number of aromatic nitrogens is 2. The number of hydrogen-bond acceptors (Lipinski definition) is 6. The van der Waals surface area contributed by atoms with Gasteiger partial charge in [-0.1, -0.05) is 0 Å². The van der Waals surface area contributed by atoms with Crippen molar-refractivity contribution in [1.29, 1.82) is 0 Å². The van der Waals surface area contributed by atoms with Crippen molar-refractivity contribution < 1.29 is 4.74 Å². The summed E-state index contributed by atoms with van der Waals surface area (Å²) in [5.74, 6) is 0.787. The molecule has 2 fully saturated rings. The van der Waals surface area contributed by atoms with Gasteiger partial charge in [-0.05, 0) is 44.5 Å². The predicted octanol–water partition coefficient (Wildman–Crippen LogP) is 3.11. The van der Waals surface area contributed by atoms with Gasteiger partial charge in [-0.3, -0.25) is 4.90 Å². The van der Waals surface area contributed by atoms with Gasteiger partial charge in [0.1, 0.15) is 0 Å². The molecule has 25 heavy (non-hydrogen) atoms. The lowest BCUT2D eigenvalue weighted by molar-refractivity contribution is -0.0531. The maximum atomic E-state index is 6.37. The summed E-state index contributed by atoms with van der Waals surface area (Å²) in [6.07, 6.45) is 7.03. The second-order valence-corrected chi connectivity index (χ2v) is 8.71. The summed E-state index contributed by atoms with van der Waals surface area (Å²) in [6, 6.07) is 6.69. The van der Waals surface area contributed by atoms with E-state index in [1.54, 1.807) is 12.4 Å². The van der Waals surface area contributed by atoms with Crippen LogP contribution in [0.2, 0.25) is 0 Å². The molecule has 4 heterocycles. The van der Waals surface area contributed by atoms with Gasteiger partial charge in [0, 0.05) is 48.7 Å². The number of likely N-dealkylation sites (N-methyl/N-ethyl adjacent to an activating group) is 1. The lowest BCUT2D eigenvalue weighted by Gasteiger charge is -2.39. The van der Waals surface area contributed by atoms with Gasteiger partial charge in [0.05, 0.1) is 18.2 Å². The Balaban J connectivity index is 1.40. The van der Waals surface area contributed by atoms with E-state index < -0.39 is 0 Å². The van der Waals surface area contributed by atoms with E-state index in [1.807, 2.05) is 17.4 Å². The Morgan fingerprint density at radius 2 is 2.20 bits per heavy atom. The normalized spacial score (nSPS) is 27.0. The van der Waals surface area contributed by atoms with Crippen LogP contribution in [-0.4, -0.2) is 53.3 Å². The van der Waals surface area contributed by atoms with Crippen LogP contribution in [-0.2, 0) is 11.3 Å². The molecule has 0 amide bonds. The van der Waals surface area contributed by atoms with Gasteiger partial charge in [0.25, 0.3) is 0 Å². The number of aryl methyl sites for hydroxylation is 1. The van der Waals surface area contributed by atoms with E-state index in [0.29, 0.717) is 6.04 Å². The Morgan fingerprint density at radius 3 is 2.96 bits per heavy atom. The number of likely N-dealkylation sites (tertiary alicyclic amines) is 1. The minimum atomic E-state index is -0.00173. The number of rotatable bonds is 4. The van der Waals surface area contributed by atoms with Crippen molar-refractivity contribution in [3.63, 3.8) is 0 Å². The van der Waals surface area contributed by atoms with Crippen LogP contribution >= 0.6 is 11.3 Å². The van der Waals surface area contributed by atoms with E-state index in [1.165, 1.54) is 22.7 Å². The summed E-state index contributed by atoms with van der Waals surface area (Å²) in [4.78, 5) is 16.4. The summed E-state index contributed by atoms with van der Waals surface area (Å²) in [6.45, 7) is 6.19. The molecule has 2 aliphatic heterocycles. The van der Waals surface area contributed by atoms with Crippen LogP contribution in [0, 0.1) is 6.92 Å². The van der Waals surface area contributed by atoms with E-state index in [-0.39, 0.29) is 5.60 Å². The first kappa shape index (κ1) is 16.9. The van der Waals surface area contributed by atoms with Crippen LogP contribution in [0.25, 0.3) is 0 Å². The number of nitrogens with zero attached hydrogens (tertiary/aromatic N) is 4. The van der Waals surface area contributed by atoms with Crippen LogP contribution in [0.15, 0.2) is 30.6 Å². The fourth-order valence-electron chi connectivity index (χ4n) is 4.11. The summed E-state index contributed by atoms with van der Waals surface area (Å²) >= 11 is 1.91. The first-order chi connectivity index (χ1) is 12.1. The summed E-state index contributed by atoms with van der Waals surface area (Å²) in [7, 11) is 2.08. The number of piperidine rings is 1. The SMILES string of the molecule is Cc1ccc(CN2CCCC3(CC(N(C)c4ncccn4)CO3)C2)s1. The van der Waals surface area contributed by atoms with Gasteiger partial charge < -0.3 is 9.64 Å². The summed E-state index contributed by atoms with van der Waals surface area (Å²) in [5, 5.41) is 0. The molecular weight excluding hydrogens is 332 g/mol. The van der Waals surface area contributed by atoms with Crippen molar-refractivity contribution in [1.82, 2.24) is 14.9 Å². The monoisotopic (exact) mass is 358 g/mol. The molecule has 5 nitrogen and oxygen atoms in total. The minimum absolute atomic E-state index is 0.00173. The molecule has 6 heteroatoms. The molecule has 4 rings (SSSR count). The molecule has 0 aromatic carbocycles. The highest BCUT2D eigenvalue weighted by atomic mass is 32.1. The first-order valence-corrected chi connectivity index (χ1v) is 9.87. The third-order valence-corrected chi connectivity index (χ3v) is 6.38. The molecule has 2 saturated heterocycles. The van der Waals surface area contributed by atoms with E-state index in [2.05, 4.69) is 45.9 Å². The maximum Gasteiger partial charge on any atom is 0.225 e. The Hall–Kier alpha value is -1.50. The zero-order valence-corrected chi connectivity index (χ0v) is 15.8. The lowest BCUT2D eigenvalue weighted by Crippen LogP contribution is -2.48. The molecule has 0 radical (unpaired) electrons. The molecule has 2 atom stereocenters. The highest BCUT2D eigenvalue weighted by molar-refractivity contribution is 7.11. The molecule has 2 aromatic heterocycles. The van der Waals surface area contributed by atoms with E-state index in [4.69, 9.17) is 4.74 Å². The minimum Gasteiger partial charge on any atom is -0.371 e. The Bertz CT molecular complexity index is 706. The average Bonchev–Trinajstić information content (AvgIpc) is 3.22. The first-order valence-electron chi connectivity index (χ1n) is 9.05. The smallest absolute Gasteiger partial charge is 0.225 e. The van der Waals surface area contributed by atoms with Crippen LogP contribution in [0.4, 0.5) is 5.95 Å². The van der Waals surface area contributed by atoms with Crippen molar-refractivity contribution >= 4 is 17.3 Å². The van der Waals surface area contributed by atoms with Crippen LogP contribution in [0.3, 0.4) is 0 Å². The molecule has 0 bridgehead atoms. The standard InChI is InChI=1S/C19H26N4OS/c1-15-5-6-17(25-15)12-23-10-3-7-19(14-23)11-16(13-24-19)22(2)18-20-8-4-9-21-18/h4-6,8-9,16H,3,7,10-14H2,1-2H3. The fraction of sp³-hybridized carbons (Fsp3) is 0.579. The number of ether oxygens (including phenoxy) is 1. The number of hydrogen-bond donors (Lipinski definition) is 0. The third kappa shape index (κ3) is 3.71. The molecule has 2 unspecified atom stereocenters. The third-order valence-electron chi connectivity index (χ3n) is 5.40. The molecule has 2 aliphatic rings. The van der Waals surface area contributed by atoms with Gasteiger partial charge >= 0.3 is 0 Å². The van der Waals surface area contributed by atoms with Gasteiger partial charge in [-0.2, -0.15) is 0 Å². The van der Waals surface area contributed by atoms with Crippen molar-refractivity contribution in [2.24, 2.45) is 0 Å². The summed E-state index contributed by atoms with van der Waals surface area (Å²) < 4.78 is 6.37. The Kier molecular flexibility index (Phi) is 4.75. The van der Waals surface area contributed by atoms with Gasteiger partial charge in [-0.15, -0.1) is 11.3 Å². The van der Waals surface area contributed by atoms with Crippen molar-refractivity contribution in [2.45, 2.75) is 44.4 Å². The van der Waals surface area contributed by atoms with Gasteiger partial charge in [0.15, 0.2) is 0 Å². The van der Waals surface area contributed by atoms with Crippen LogP contribution < -0.4 is 4.90 Å². The second-order valence-electron chi connectivity index (χ2n) is 7.34. The molecule has 134 valence electrons. The quantitative estimate of drug-likeness (QED) is 0.840. The topological polar surface area (TPSA) is 41.5 Å². The molecule has 1 spiro atoms. The second kappa shape index (κ2) is 7.02. The average molecular weight is 359 g/mol. The van der Waals surface area contributed by atoms with E-state index >= 15 is 0 Å². The number of anilines is 1. The highest BCUT2D eigenvalue weighted by Gasteiger charge is 2.44. The summed E-state index contributed by atoms with van der Waals surface area (Å²) in [5.41, 5.74) is -0.00173. The predicted molar refractivity (Wildman–Crippen MR) is 101 cm³/mol. The van der Waals surface area contributed by atoms with Crippen LogP contribution in [0.1, 0.15) is 29.0 Å². The maximum absolute atomic E-state index is 6.37. The van der Waals surface area contributed by atoms with Gasteiger partial charge in [0.2, 0.25) is 5.95 Å². The number of thiophene rings is 1. The van der Waals surface area contributed by atoms with Crippen molar-refractivity contribution in [3.8, 4) is 0 Å². The fourth-order valence-corrected chi connectivity index (χ4v) is 5.04. The van der Waals surface area contributed by atoms with Crippen LogP contribution in [0.5, 0.6) is 0 Å². The molecular formula is C19H26N4OS. The van der Waals surface area contributed by atoms with E-state index in [0.717, 1.165) is 38.5 Å².